The quantitative estimate of drug-likeness (QED) is 0.894. The third kappa shape index (κ3) is 3.32. The molecule has 0 aliphatic rings. The average molecular weight is 296 g/mol. The zero-order valence-corrected chi connectivity index (χ0v) is 12.4. The number of rotatable bonds is 4. The van der Waals surface area contributed by atoms with Crippen LogP contribution < -0.4 is 5.32 Å². The summed E-state index contributed by atoms with van der Waals surface area (Å²) in [5, 5.41) is 7.74. The lowest BCUT2D eigenvalue weighted by atomic mass is 10.2. The van der Waals surface area contributed by atoms with Crippen molar-refractivity contribution in [3.63, 3.8) is 0 Å². The molecule has 0 atom stereocenters. The SMILES string of the molecule is Cc1nn(C)c2ncc(NC(=O)CCS(C)(=O)=O)cc12. The number of aryl methyl sites for hydroxylation is 2. The van der Waals surface area contributed by atoms with Gasteiger partial charge in [-0.3, -0.25) is 9.48 Å². The molecule has 0 aromatic carbocycles. The highest BCUT2D eigenvalue weighted by Gasteiger charge is 2.11. The smallest absolute Gasteiger partial charge is 0.225 e. The van der Waals surface area contributed by atoms with E-state index in [4.69, 9.17) is 0 Å². The minimum atomic E-state index is -3.14. The third-order valence-electron chi connectivity index (χ3n) is 2.85. The van der Waals surface area contributed by atoms with Crippen LogP contribution in [-0.2, 0) is 21.7 Å². The van der Waals surface area contributed by atoms with E-state index in [-0.39, 0.29) is 18.1 Å². The van der Waals surface area contributed by atoms with Crippen LogP contribution in [0.4, 0.5) is 5.69 Å². The average Bonchev–Trinajstić information content (AvgIpc) is 2.62. The highest BCUT2D eigenvalue weighted by atomic mass is 32.2. The Morgan fingerprint density at radius 2 is 2.15 bits per heavy atom. The van der Waals surface area contributed by atoms with Crippen molar-refractivity contribution in [2.45, 2.75) is 13.3 Å². The van der Waals surface area contributed by atoms with Crippen LogP contribution in [0.2, 0.25) is 0 Å². The predicted octanol–water partition coefficient (Wildman–Crippen LogP) is 0.650. The van der Waals surface area contributed by atoms with E-state index in [2.05, 4.69) is 15.4 Å². The Balaban J connectivity index is 2.14. The van der Waals surface area contributed by atoms with Crippen LogP contribution in [0.5, 0.6) is 0 Å². The topological polar surface area (TPSA) is 93.9 Å². The molecule has 108 valence electrons. The number of amides is 1. The first kappa shape index (κ1) is 14.4. The standard InChI is InChI=1S/C12H16N4O3S/c1-8-10-6-9(7-13-12(10)16(2)15-8)14-11(17)4-5-20(3,18)19/h6-7H,4-5H2,1-3H3,(H,14,17). The second-order valence-electron chi connectivity index (χ2n) is 4.73. The van der Waals surface area contributed by atoms with Crippen LogP contribution in [-0.4, -0.2) is 41.1 Å². The van der Waals surface area contributed by atoms with E-state index in [0.29, 0.717) is 5.69 Å². The highest BCUT2D eigenvalue weighted by Crippen LogP contribution is 2.19. The van der Waals surface area contributed by atoms with E-state index < -0.39 is 9.84 Å². The van der Waals surface area contributed by atoms with Crippen LogP contribution in [0.1, 0.15) is 12.1 Å². The van der Waals surface area contributed by atoms with Gasteiger partial charge >= 0.3 is 0 Å². The van der Waals surface area contributed by atoms with Crippen molar-refractivity contribution in [1.29, 1.82) is 0 Å². The van der Waals surface area contributed by atoms with Crippen LogP contribution in [0.15, 0.2) is 12.3 Å². The molecule has 7 nitrogen and oxygen atoms in total. The lowest BCUT2D eigenvalue weighted by Crippen LogP contribution is -2.16. The van der Waals surface area contributed by atoms with Gasteiger partial charge in [-0.2, -0.15) is 5.10 Å². The lowest BCUT2D eigenvalue weighted by molar-refractivity contribution is -0.115. The molecular weight excluding hydrogens is 280 g/mol. The summed E-state index contributed by atoms with van der Waals surface area (Å²) in [6.07, 6.45) is 2.57. The Morgan fingerprint density at radius 1 is 1.45 bits per heavy atom. The molecule has 1 amide bonds. The molecule has 2 heterocycles. The van der Waals surface area contributed by atoms with E-state index in [1.165, 1.54) is 6.20 Å². The molecule has 2 rings (SSSR count). The van der Waals surface area contributed by atoms with Gasteiger partial charge in [-0.15, -0.1) is 0 Å². The van der Waals surface area contributed by atoms with E-state index >= 15 is 0 Å². The molecule has 8 heteroatoms. The Hall–Kier alpha value is -1.96. The van der Waals surface area contributed by atoms with Crippen LogP contribution in [0.25, 0.3) is 11.0 Å². The van der Waals surface area contributed by atoms with Crippen molar-refractivity contribution < 1.29 is 13.2 Å². The summed E-state index contributed by atoms with van der Waals surface area (Å²) in [5.41, 5.74) is 2.09. The number of sulfone groups is 1. The zero-order valence-electron chi connectivity index (χ0n) is 11.5. The zero-order chi connectivity index (χ0) is 14.9. The summed E-state index contributed by atoms with van der Waals surface area (Å²) in [6, 6.07) is 1.78. The number of anilines is 1. The van der Waals surface area contributed by atoms with Crippen molar-refractivity contribution >= 4 is 32.5 Å². The summed E-state index contributed by atoms with van der Waals surface area (Å²) in [7, 11) is -1.34. The van der Waals surface area contributed by atoms with Gasteiger partial charge in [0.1, 0.15) is 9.84 Å². The maximum absolute atomic E-state index is 11.7. The van der Waals surface area contributed by atoms with Gasteiger partial charge in [0.25, 0.3) is 0 Å². The first-order valence-electron chi connectivity index (χ1n) is 6.03. The summed E-state index contributed by atoms with van der Waals surface area (Å²) in [6.45, 7) is 1.86. The molecule has 0 unspecified atom stereocenters. The normalized spacial score (nSPS) is 11.8. The van der Waals surface area contributed by atoms with Gasteiger partial charge in [0.05, 0.1) is 23.3 Å². The molecule has 0 fully saturated rings. The van der Waals surface area contributed by atoms with Gasteiger partial charge in [-0.1, -0.05) is 0 Å². The van der Waals surface area contributed by atoms with Crippen LogP contribution in [0, 0.1) is 6.92 Å². The molecule has 0 saturated carbocycles. The fourth-order valence-corrected chi connectivity index (χ4v) is 2.43. The van der Waals surface area contributed by atoms with Gasteiger partial charge in [-0.25, -0.2) is 13.4 Å². The monoisotopic (exact) mass is 296 g/mol. The minimum absolute atomic E-state index is 0.0666. The Kier molecular flexibility index (Phi) is 3.76. The number of nitrogens with one attached hydrogen (secondary N) is 1. The third-order valence-corrected chi connectivity index (χ3v) is 3.79. The predicted molar refractivity (Wildman–Crippen MR) is 76.2 cm³/mol. The van der Waals surface area contributed by atoms with Crippen molar-refractivity contribution in [3.05, 3.63) is 18.0 Å². The molecule has 0 aliphatic heterocycles. The molecule has 2 aromatic rings. The number of carbonyl (C=O) groups excluding carboxylic acids is 1. The van der Waals surface area contributed by atoms with E-state index in [0.717, 1.165) is 23.0 Å². The molecular formula is C12H16N4O3S. The second kappa shape index (κ2) is 5.20. The lowest BCUT2D eigenvalue weighted by Gasteiger charge is -2.04. The number of fused-ring (bicyclic) bond motifs is 1. The van der Waals surface area contributed by atoms with Gasteiger partial charge in [-0.05, 0) is 13.0 Å². The molecule has 1 N–H and O–H groups in total. The number of aromatic nitrogens is 3. The van der Waals surface area contributed by atoms with Gasteiger partial charge in [0.15, 0.2) is 5.65 Å². The van der Waals surface area contributed by atoms with E-state index in [1.54, 1.807) is 17.8 Å². The number of hydrogen-bond acceptors (Lipinski definition) is 5. The molecule has 0 radical (unpaired) electrons. The highest BCUT2D eigenvalue weighted by molar-refractivity contribution is 7.90. The molecule has 0 saturated heterocycles. The molecule has 2 aromatic heterocycles. The Morgan fingerprint density at radius 3 is 2.80 bits per heavy atom. The minimum Gasteiger partial charge on any atom is -0.325 e. The van der Waals surface area contributed by atoms with Gasteiger partial charge in [0, 0.05) is 25.1 Å². The van der Waals surface area contributed by atoms with Crippen molar-refractivity contribution in [2.75, 3.05) is 17.3 Å². The van der Waals surface area contributed by atoms with Crippen molar-refractivity contribution in [2.24, 2.45) is 7.05 Å². The summed E-state index contributed by atoms with van der Waals surface area (Å²) in [4.78, 5) is 15.9. The number of hydrogen-bond donors (Lipinski definition) is 1. The van der Waals surface area contributed by atoms with Gasteiger partial charge in [0.2, 0.25) is 5.91 Å². The fraction of sp³-hybridized carbons (Fsp3) is 0.417. The number of nitrogens with zero attached hydrogens (tertiary/aromatic N) is 3. The van der Waals surface area contributed by atoms with E-state index in [9.17, 15) is 13.2 Å². The maximum Gasteiger partial charge on any atom is 0.225 e. The Bertz CT molecular complexity index is 764. The number of pyridine rings is 1. The maximum atomic E-state index is 11.7. The Labute approximate surface area is 116 Å². The summed E-state index contributed by atoms with van der Waals surface area (Å²) < 4.78 is 23.7. The summed E-state index contributed by atoms with van der Waals surface area (Å²) in [5.74, 6) is -0.515. The van der Waals surface area contributed by atoms with Crippen molar-refractivity contribution in [3.8, 4) is 0 Å². The van der Waals surface area contributed by atoms with Crippen molar-refractivity contribution in [1.82, 2.24) is 14.8 Å². The molecule has 0 spiro atoms. The van der Waals surface area contributed by atoms with Crippen LogP contribution in [0.3, 0.4) is 0 Å². The fourth-order valence-electron chi connectivity index (χ4n) is 1.88. The van der Waals surface area contributed by atoms with Crippen LogP contribution >= 0.6 is 0 Å². The molecule has 0 bridgehead atoms. The largest absolute Gasteiger partial charge is 0.325 e. The summed E-state index contributed by atoms with van der Waals surface area (Å²) >= 11 is 0. The first-order chi connectivity index (χ1) is 9.26. The van der Waals surface area contributed by atoms with E-state index in [1.807, 2.05) is 6.92 Å². The first-order valence-corrected chi connectivity index (χ1v) is 8.09. The number of carbonyl (C=O) groups is 1. The molecule has 20 heavy (non-hydrogen) atoms. The molecule has 0 aliphatic carbocycles. The van der Waals surface area contributed by atoms with Gasteiger partial charge < -0.3 is 5.32 Å². The second-order valence-corrected chi connectivity index (χ2v) is 6.99.